The molecule has 1 amide bonds. The van der Waals surface area contributed by atoms with Crippen molar-refractivity contribution in [2.24, 2.45) is 0 Å². The van der Waals surface area contributed by atoms with E-state index >= 15 is 0 Å². The summed E-state index contributed by atoms with van der Waals surface area (Å²) in [5.41, 5.74) is 1.73. The Morgan fingerprint density at radius 1 is 1.24 bits per heavy atom. The molecule has 0 aromatic carbocycles. The molecule has 0 N–H and O–H groups in total. The van der Waals surface area contributed by atoms with E-state index in [4.69, 9.17) is 4.74 Å². The molecule has 0 unspecified atom stereocenters. The molecular weight excluding hydrogens is 338 g/mol. The van der Waals surface area contributed by atoms with Crippen LogP contribution in [0.15, 0.2) is 16.9 Å². The Bertz CT molecular complexity index is 891. The van der Waals surface area contributed by atoms with Gasteiger partial charge in [0.2, 0.25) is 0 Å². The number of pyridine rings is 1. The second kappa shape index (κ2) is 5.98. The number of amides is 1. The van der Waals surface area contributed by atoms with E-state index in [0.29, 0.717) is 29.8 Å². The molecule has 2 aromatic heterocycles. The number of carbonyl (C=O) groups excluding carboxylic acids is 1. The minimum atomic E-state index is -0.0613. The summed E-state index contributed by atoms with van der Waals surface area (Å²) in [5, 5.41) is 0.904. The fraction of sp³-hybridized carbons (Fsp3) is 0.500. The summed E-state index contributed by atoms with van der Waals surface area (Å²) in [6, 6.07) is 3.84. The molecule has 1 saturated carbocycles. The van der Waals surface area contributed by atoms with Gasteiger partial charge < -0.3 is 14.2 Å². The molecule has 7 heteroatoms. The monoisotopic (exact) mass is 359 g/mol. The molecule has 1 aliphatic heterocycles. The largest absolute Gasteiger partial charge is 0.486 e. The second-order valence-corrected chi connectivity index (χ2v) is 8.07. The summed E-state index contributed by atoms with van der Waals surface area (Å²) in [7, 11) is 0. The molecular formula is C18H21N3O3S. The number of rotatable bonds is 4. The van der Waals surface area contributed by atoms with Gasteiger partial charge in [0, 0.05) is 17.8 Å². The van der Waals surface area contributed by atoms with Gasteiger partial charge in [0.05, 0.1) is 23.8 Å². The van der Waals surface area contributed by atoms with Crippen molar-refractivity contribution in [3.63, 3.8) is 0 Å². The van der Waals surface area contributed by atoms with Crippen molar-refractivity contribution in [2.75, 3.05) is 13.1 Å². The zero-order valence-electron chi connectivity index (χ0n) is 14.6. The fourth-order valence-electron chi connectivity index (χ4n) is 3.30. The summed E-state index contributed by atoms with van der Waals surface area (Å²) in [4.78, 5) is 31.5. The van der Waals surface area contributed by atoms with Crippen molar-refractivity contribution in [1.82, 2.24) is 14.5 Å². The average Bonchev–Trinajstić information content (AvgIpc) is 3.25. The molecule has 3 heterocycles. The summed E-state index contributed by atoms with van der Waals surface area (Å²) in [6.07, 6.45) is 2.10. The Hall–Kier alpha value is -2.15. The van der Waals surface area contributed by atoms with E-state index in [2.05, 4.69) is 4.98 Å². The van der Waals surface area contributed by atoms with Crippen molar-refractivity contribution in [1.29, 1.82) is 0 Å². The lowest BCUT2D eigenvalue weighted by Crippen LogP contribution is -2.56. The molecule has 1 saturated heterocycles. The van der Waals surface area contributed by atoms with Crippen LogP contribution in [0.5, 0.6) is 5.75 Å². The van der Waals surface area contributed by atoms with Gasteiger partial charge in [0.25, 0.3) is 11.5 Å². The number of hydrogen-bond acceptors (Lipinski definition) is 5. The standard InChI is InChI=1S/C18H21N3O3S/c1-10-6-14(7-16(22)21(10)13-4-5-13)24-15-8-20(9-15)18(23)17-11(2)19-12(3)25-17/h6-7,13,15H,4-5,8-9H2,1-3H3. The van der Waals surface area contributed by atoms with Gasteiger partial charge in [-0.05, 0) is 39.7 Å². The third-order valence-electron chi connectivity index (χ3n) is 4.68. The van der Waals surface area contributed by atoms with Gasteiger partial charge in [-0.2, -0.15) is 0 Å². The van der Waals surface area contributed by atoms with Gasteiger partial charge in [0.15, 0.2) is 0 Å². The first-order valence-corrected chi connectivity index (χ1v) is 9.37. The maximum atomic E-state index is 12.5. The van der Waals surface area contributed by atoms with E-state index in [0.717, 1.165) is 29.2 Å². The Kier molecular flexibility index (Phi) is 3.91. The maximum Gasteiger partial charge on any atom is 0.266 e. The molecule has 0 bridgehead atoms. The molecule has 0 atom stereocenters. The van der Waals surface area contributed by atoms with Gasteiger partial charge in [0.1, 0.15) is 16.7 Å². The van der Waals surface area contributed by atoms with Gasteiger partial charge >= 0.3 is 0 Å². The topological polar surface area (TPSA) is 64.4 Å². The van der Waals surface area contributed by atoms with Crippen LogP contribution in [-0.4, -0.2) is 39.6 Å². The van der Waals surface area contributed by atoms with E-state index < -0.39 is 0 Å². The maximum absolute atomic E-state index is 12.5. The molecule has 6 nitrogen and oxygen atoms in total. The van der Waals surface area contributed by atoms with Crippen LogP contribution in [0.3, 0.4) is 0 Å². The highest BCUT2D eigenvalue weighted by Gasteiger charge is 2.34. The third kappa shape index (κ3) is 3.08. The van der Waals surface area contributed by atoms with Crippen LogP contribution in [0.2, 0.25) is 0 Å². The van der Waals surface area contributed by atoms with Gasteiger partial charge in [-0.25, -0.2) is 4.98 Å². The zero-order chi connectivity index (χ0) is 17.7. The first-order valence-electron chi connectivity index (χ1n) is 8.55. The fourth-order valence-corrected chi connectivity index (χ4v) is 4.18. The Labute approximate surface area is 150 Å². The lowest BCUT2D eigenvalue weighted by Gasteiger charge is -2.38. The summed E-state index contributed by atoms with van der Waals surface area (Å²) in [5.74, 6) is 0.615. The van der Waals surface area contributed by atoms with Crippen LogP contribution in [0.1, 0.15) is 45.0 Å². The highest BCUT2D eigenvalue weighted by atomic mass is 32.1. The SMILES string of the molecule is Cc1nc(C)c(C(=O)N2CC(Oc3cc(C)n(C4CC4)c(=O)c3)C2)s1. The lowest BCUT2D eigenvalue weighted by molar-refractivity contribution is 0.0179. The number of aryl methyl sites for hydroxylation is 3. The molecule has 1 aliphatic carbocycles. The first-order chi connectivity index (χ1) is 11.9. The molecule has 2 fully saturated rings. The molecule has 0 radical (unpaired) electrons. The highest BCUT2D eigenvalue weighted by Crippen LogP contribution is 2.35. The predicted molar refractivity (Wildman–Crippen MR) is 95.6 cm³/mol. The third-order valence-corrected chi connectivity index (χ3v) is 5.74. The Balaban J connectivity index is 1.39. The number of aromatic nitrogens is 2. The summed E-state index contributed by atoms with van der Waals surface area (Å²) >= 11 is 1.43. The van der Waals surface area contributed by atoms with Crippen LogP contribution in [0.4, 0.5) is 0 Å². The van der Waals surface area contributed by atoms with Gasteiger partial charge in [-0.1, -0.05) is 0 Å². The molecule has 2 aliphatic rings. The number of carbonyl (C=O) groups is 1. The minimum Gasteiger partial charge on any atom is -0.486 e. The summed E-state index contributed by atoms with van der Waals surface area (Å²) in [6.45, 7) is 6.79. The number of likely N-dealkylation sites (tertiary alicyclic amines) is 1. The smallest absolute Gasteiger partial charge is 0.266 e. The molecule has 0 spiro atoms. The zero-order valence-corrected chi connectivity index (χ0v) is 15.4. The molecule has 2 aromatic rings. The van der Waals surface area contributed by atoms with Crippen LogP contribution in [0.25, 0.3) is 0 Å². The number of ether oxygens (including phenoxy) is 1. The molecule has 4 rings (SSSR count). The van der Waals surface area contributed by atoms with E-state index in [1.165, 1.54) is 11.3 Å². The number of nitrogens with zero attached hydrogens (tertiary/aromatic N) is 3. The summed E-state index contributed by atoms with van der Waals surface area (Å²) < 4.78 is 7.74. The van der Waals surface area contributed by atoms with E-state index in [1.807, 2.05) is 31.4 Å². The van der Waals surface area contributed by atoms with Crippen molar-refractivity contribution in [2.45, 2.75) is 45.8 Å². The van der Waals surface area contributed by atoms with E-state index in [-0.39, 0.29) is 17.6 Å². The Morgan fingerprint density at radius 3 is 2.52 bits per heavy atom. The molecule has 25 heavy (non-hydrogen) atoms. The number of thiazole rings is 1. The van der Waals surface area contributed by atoms with Crippen molar-refractivity contribution < 1.29 is 9.53 Å². The second-order valence-electron chi connectivity index (χ2n) is 6.87. The van der Waals surface area contributed by atoms with Crippen molar-refractivity contribution >= 4 is 17.2 Å². The minimum absolute atomic E-state index is 0.000478. The predicted octanol–water partition coefficient (Wildman–Crippen LogP) is 2.47. The highest BCUT2D eigenvalue weighted by molar-refractivity contribution is 7.13. The lowest BCUT2D eigenvalue weighted by atomic mass is 10.1. The van der Waals surface area contributed by atoms with Crippen LogP contribution >= 0.6 is 11.3 Å². The normalized spacial score (nSPS) is 17.5. The van der Waals surface area contributed by atoms with Crippen LogP contribution < -0.4 is 10.3 Å². The first kappa shape index (κ1) is 16.3. The van der Waals surface area contributed by atoms with Gasteiger partial charge in [-0.15, -0.1) is 11.3 Å². The van der Waals surface area contributed by atoms with E-state index in [1.54, 1.807) is 11.0 Å². The average molecular weight is 359 g/mol. The van der Waals surface area contributed by atoms with Crippen LogP contribution in [0, 0.1) is 20.8 Å². The van der Waals surface area contributed by atoms with Gasteiger partial charge in [-0.3, -0.25) is 9.59 Å². The Morgan fingerprint density at radius 2 is 1.96 bits per heavy atom. The van der Waals surface area contributed by atoms with Crippen molar-refractivity contribution in [3.8, 4) is 5.75 Å². The quantitative estimate of drug-likeness (QED) is 0.841. The van der Waals surface area contributed by atoms with E-state index in [9.17, 15) is 9.59 Å². The van der Waals surface area contributed by atoms with Crippen LogP contribution in [-0.2, 0) is 0 Å². The molecule has 132 valence electrons. The number of hydrogen-bond donors (Lipinski definition) is 0. The van der Waals surface area contributed by atoms with Crippen molar-refractivity contribution in [3.05, 3.63) is 43.8 Å².